The van der Waals surface area contributed by atoms with E-state index in [1.165, 1.54) is 7.05 Å². The minimum atomic E-state index is -0.588. The van der Waals surface area contributed by atoms with Gasteiger partial charge >= 0.3 is 0 Å². The van der Waals surface area contributed by atoms with Crippen molar-refractivity contribution in [1.82, 2.24) is 10.6 Å². The molecule has 92 valence electrons. The third-order valence-corrected chi connectivity index (χ3v) is 3.05. The second kappa shape index (κ2) is 6.02. The highest BCUT2D eigenvalue weighted by Gasteiger charge is 2.16. The Balaban J connectivity index is 2.80. The summed E-state index contributed by atoms with van der Waals surface area (Å²) in [6.07, 6.45) is 0. The fourth-order valence-corrected chi connectivity index (χ4v) is 2.09. The van der Waals surface area contributed by atoms with Gasteiger partial charge in [-0.1, -0.05) is 11.6 Å². The topological polar surface area (TPSA) is 58.2 Å². The first-order valence-electron chi connectivity index (χ1n) is 4.93. The van der Waals surface area contributed by atoms with Crippen LogP contribution in [0.15, 0.2) is 22.7 Å². The van der Waals surface area contributed by atoms with Crippen LogP contribution in [0.3, 0.4) is 0 Å². The van der Waals surface area contributed by atoms with Crippen LogP contribution in [-0.2, 0) is 4.79 Å². The molecule has 0 heterocycles. The molecule has 2 N–H and O–H groups in total. The Morgan fingerprint density at radius 3 is 2.59 bits per heavy atom. The van der Waals surface area contributed by atoms with Crippen molar-refractivity contribution in [3.63, 3.8) is 0 Å². The number of amides is 2. The van der Waals surface area contributed by atoms with Crippen molar-refractivity contribution in [3.8, 4) is 0 Å². The first-order valence-corrected chi connectivity index (χ1v) is 6.10. The quantitative estimate of drug-likeness (QED) is 0.895. The molecule has 6 heteroatoms. The lowest BCUT2D eigenvalue weighted by molar-refractivity contribution is -0.122. The van der Waals surface area contributed by atoms with Crippen molar-refractivity contribution in [2.24, 2.45) is 0 Å². The SMILES string of the molecule is CNC(=O)C(C)NC(=O)c1ccc(Cl)cc1Br. The van der Waals surface area contributed by atoms with Gasteiger partial charge in [0.1, 0.15) is 6.04 Å². The zero-order valence-electron chi connectivity index (χ0n) is 9.38. The number of halogens is 2. The summed E-state index contributed by atoms with van der Waals surface area (Å²) in [5.74, 6) is -0.576. The molecule has 0 aliphatic rings. The van der Waals surface area contributed by atoms with E-state index >= 15 is 0 Å². The Labute approximate surface area is 113 Å². The van der Waals surface area contributed by atoms with Gasteiger partial charge in [0, 0.05) is 16.5 Å². The number of hydrogen-bond acceptors (Lipinski definition) is 2. The first kappa shape index (κ1) is 14.0. The van der Waals surface area contributed by atoms with E-state index in [0.29, 0.717) is 15.1 Å². The Kier molecular flexibility index (Phi) is 4.96. The second-order valence-corrected chi connectivity index (χ2v) is 4.72. The maximum Gasteiger partial charge on any atom is 0.253 e. The normalized spacial score (nSPS) is 11.8. The van der Waals surface area contributed by atoms with Gasteiger partial charge in [0.05, 0.1) is 5.56 Å². The molecule has 0 bridgehead atoms. The minimum Gasteiger partial charge on any atom is -0.357 e. The molecule has 2 amide bonds. The summed E-state index contributed by atoms with van der Waals surface area (Å²) >= 11 is 9.02. The Hall–Kier alpha value is -1.07. The summed E-state index contributed by atoms with van der Waals surface area (Å²) < 4.78 is 0.589. The van der Waals surface area contributed by atoms with Crippen LogP contribution in [-0.4, -0.2) is 24.9 Å². The first-order chi connectivity index (χ1) is 7.95. The number of hydrogen-bond donors (Lipinski definition) is 2. The molecule has 1 unspecified atom stereocenters. The van der Waals surface area contributed by atoms with Crippen LogP contribution in [0, 0.1) is 0 Å². The lowest BCUT2D eigenvalue weighted by atomic mass is 10.2. The van der Waals surface area contributed by atoms with Gasteiger partial charge in [0.15, 0.2) is 0 Å². The number of rotatable bonds is 3. The predicted molar refractivity (Wildman–Crippen MR) is 70.1 cm³/mol. The fraction of sp³-hybridized carbons (Fsp3) is 0.273. The molecule has 4 nitrogen and oxygen atoms in total. The van der Waals surface area contributed by atoms with E-state index in [9.17, 15) is 9.59 Å². The Bertz CT molecular complexity index is 451. The number of benzene rings is 1. The molecule has 1 aromatic carbocycles. The van der Waals surface area contributed by atoms with E-state index in [2.05, 4.69) is 26.6 Å². The molecule has 0 fully saturated rings. The zero-order chi connectivity index (χ0) is 13.0. The summed E-state index contributed by atoms with van der Waals surface area (Å²) in [7, 11) is 1.52. The van der Waals surface area contributed by atoms with Crippen LogP contribution in [0.1, 0.15) is 17.3 Å². The highest BCUT2D eigenvalue weighted by atomic mass is 79.9. The minimum absolute atomic E-state index is 0.247. The van der Waals surface area contributed by atoms with Crippen LogP contribution in [0.25, 0.3) is 0 Å². The molecule has 1 atom stereocenters. The molecule has 0 saturated carbocycles. The van der Waals surface area contributed by atoms with Crippen molar-refractivity contribution in [1.29, 1.82) is 0 Å². The zero-order valence-corrected chi connectivity index (χ0v) is 11.7. The Morgan fingerprint density at radius 2 is 2.06 bits per heavy atom. The van der Waals surface area contributed by atoms with E-state index in [0.717, 1.165) is 0 Å². The highest BCUT2D eigenvalue weighted by Crippen LogP contribution is 2.21. The second-order valence-electron chi connectivity index (χ2n) is 3.43. The van der Waals surface area contributed by atoms with Crippen molar-refractivity contribution in [2.45, 2.75) is 13.0 Å². The smallest absolute Gasteiger partial charge is 0.253 e. The van der Waals surface area contributed by atoms with Crippen LogP contribution in [0.2, 0.25) is 5.02 Å². The van der Waals surface area contributed by atoms with E-state index in [-0.39, 0.29) is 11.8 Å². The lowest BCUT2D eigenvalue weighted by Gasteiger charge is -2.13. The molecule has 1 rings (SSSR count). The van der Waals surface area contributed by atoms with Gasteiger partial charge in [-0.25, -0.2) is 0 Å². The molecular weight excluding hydrogens is 307 g/mol. The van der Waals surface area contributed by atoms with Crippen molar-refractivity contribution in [3.05, 3.63) is 33.3 Å². The molecular formula is C11H12BrClN2O2. The summed E-state index contributed by atoms with van der Waals surface area (Å²) in [5, 5.41) is 5.58. The van der Waals surface area contributed by atoms with Gasteiger partial charge in [-0.05, 0) is 41.1 Å². The monoisotopic (exact) mass is 318 g/mol. The molecule has 1 aromatic rings. The van der Waals surface area contributed by atoms with Crippen molar-refractivity contribution >= 4 is 39.3 Å². The predicted octanol–water partition coefficient (Wildman–Crippen LogP) is 1.97. The number of nitrogens with one attached hydrogen (secondary N) is 2. The highest BCUT2D eigenvalue weighted by molar-refractivity contribution is 9.10. The molecule has 17 heavy (non-hydrogen) atoms. The van der Waals surface area contributed by atoms with Gasteiger partial charge in [-0.3, -0.25) is 9.59 Å². The molecule has 0 radical (unpaired) electrons. The van der Waals surface area contributed by atoms with Crippen LogP contribution < -0.4 is 10.6 Å². The van der Waals surface area contributed by atoms with E-state index in [1.807, 2.05) is 0 Å². The van der Waals surface area contributed by atoms with Gasteiger partial charge in [0.25, 0.3) is 5.91 Å². The maximum absolute atomic E-state index is 11.8. The van der Waals surface area contributed by atoms with E-state index < -0.39 is 6.04 Å². The van der Waals surface area contributed by atoms with Gasteiger partial charge in [0.2, 0.25) is 5.91 Å². The summed E-state index contributed by atoms with van der Waals surface area (Å²) in [6.45, 7) is 1.61. The fourth-order valence-electron chi connectivity index (χ4n) is 1.23. The maximum atomic E-state index is 11.8. The van der Waals surface area contributed by atoms with Crippen molar-refractivity contribution in [2.75, 3.05) is 7.05 Å². The third kappa shape index (κ3) is 3.71. The molecule has 0 aliphatic heterocycles. The number of carbonyl (C=O) groups is 2. The Morgan fingerprint density at radius 1 is 1.41 bits per heavy atom. The summed E-state index contributed by atoms with van der Waals surface area (Å²) in [4.78, 5) is 23.1. The van der Waals surface area contributed by atoms with Crippen LogP contribution in [0.4, 0.5) is 0 Å². The summed E-state index contributed by atoms with van der Waals surface area (Å²) in [5.41, 5.74) is 0.435. The van der Waals surface area contributed by atoms with E-state index in [4.69, 9.17) is 11.6 Å². The standard InChI is InChI=1S/C11H12BrClN2O2/c1-6(10(16)14-2)15-11(17)8-4-3-7(13)5-9(8)12/h3-6H,1-2H3,(H,14,16)(H,15,17). The van der Waals surface area contributed by atoms with Gasteiger partial charge in [-0.15, -0.1) is 0 Å². The lowest BCUT2D eigenvalue weighted by Crippen LogP contribution is -2.43. The van der Waals surface area contributed by atoms with Crippen LogP contribution in [0.5, 0.6) is 0 Å². The average Bonchev–Trinajstić information content (AvgIpc) is 2.27. The number of carbonyl (C=O) groups excluding carboxylic acids is 2. The van der Waals surface area contributed by atoms with Gasteiger partial charge in [-0.2, -0.15) is 0 Å². The van der Waals surface area contributed by atoms with Gasteiger partial charge < -0.3 is 10.6 Å². The van der Waals surface area contributed by atoms with Crippen molar-refractivity contribution < 1.29 is 9.59 Å². The molecule has 0 spiro atoms. The largest absolute Gasteiger partial charge is 0.357 e. The van der Waals surface area contributed by atoms with Crippen LogP contribution >= 0.6 is 27.5 Å². The average molecular weight is 320 g/mol. The molecule has 0 aromatic heterocycles. The molecule has 0 saturated heterocycles. The third-order valence-electron chi connectivity index (χ3n) is 2.16. The van der Waals surface area contributed by atoms with E-state index in [1.54, 1.807) is 25.1 Å². The summed E-state index contributed by atoms with van der Waals surface area (Å²) in [6, 6.07) is 4.25. The molecule has 0 aliphatic carbocycles. The number of likely N-dealkylation sites (N-methyl/N-ethyl adjacent to an activating group) is 1.